The lowest BCUT2D eigenvalue weighted by atomic mass is 10.0. The van der Waals surface area contributed by atoms with Crippen molar-refractivity contribution in [2.45, 2.75) is 0 Å². The minimum Gasteiger partial charge on any atom is -0.507 e. The Bertz CT molecular complexity index is 664. The van der Waals surface area contributed by atoms with Crippen LogP contribution in [0.3, 0.4) is 0 Å². The van der Waals surface area contributed by atoms with E-state index in [0.717, 1.165) is 0 Å². The third-order valence-corrected chi connectivity index (χ3v) is 3.10. The van der Waals surface area contributed by atoms with E-state index in [1.54, 1.807) is 24.3 Å². The summed E-state index contributed by atoms with van der Waals surface area (Å²) in [6.45, 7) is 0. The van der Waals surface area contributed by atoms with Gasteiger partial charge in [-0.3, -0.25) is 4.79 Å². The Labute approximate surface area is 122 Å². The van der Waals surface area contributed by atoms with Crippen LogP contribution in [0, 0.1) is 0 Å². The van der Waals surface area contributed by atoms with Gasteiger partial charge in [-0.25, -0.2) is 0 Å². The fraction of sp³-hybridized carbons (Fsp3) is 0.188. The Morgan fingerprint density at radius 1 is 0.857 bits per heavy atom. The molecule has 5 heteroatoms. The highest BCUT2D eigenvalue weighted by Crippen LogP contribution is 2.36. The SMILES string of the molecule is COc1cc(OC)c(C(=O)c2ccccc2O)cc1OC. The predicted octanol–water partition coefficient (Wildman–Crippen LogP) is 2.65. The average molecular weight is 288 g/mol. The van der Waals surface area contributed by atoms with Crippen LogP contribution in [0.4, 0.5) is 0 Å². The molecule has 0 saturated heterocycles. The van der Waals surface area contributed by atoms with Gasteiger partial charge in [0.1, 0.15) is 11.5 Å². The minimum absolute atomic E-state index is 0.0839. The summed E-state index contributed by atoms with van der Waals surface area (Å²) in [5, 5.41) is 9.82. The summed E-state index contributed by atoms with van der Waals surface area (Å²) in [6, 6.07) is 9.45. The van der Waals surface area contributed by atoms with Gasteiger partial charge in [-0.1, -0.05) is 12.1 Å². The highest BCUT2D eigenvalue weighted by molar-refractivity contribution is 6.12. The van der Waals surface area contributed by atoms with Crippen LogP contribution in [0.25, 0.3) is 0 Å². The van der Waals surface area contributed by atoms with Gasteiger partial charge in [0.15, 0.2) is 11.5 Å². The number of ketones is 1. The average Bonchev–Trinajstić information content (AvgIpc) is 2.53. The van der Waals surface area contributed by atoms with E-state index < -0.39 is 0 Å². The molecule has 0 atom stereocenters. The van der Waals surface area contributed by atoms with Gasteiger partial charge in [-0.15, -0.1) is 0 Å². The largest absolute Gasteiger partial charge is 0.507 e. The second-order valence-corrected chi connectivity index (χ2v) is 4.25. The van der Waals surface area contributed by atoms with E-state index in [1.807, 2.05) is 0 Å². The topological polar surface area (TPSA) is 65.0 Å². The maximum Gasteiger partial charge on any atom is 0.200 e. The second kappa shape index (κ2) is 6.17. The second-order valence-electron chi connectivity index (χ2n) is 4.25. The molecule has 2 rings (SSSR count). The molecule has 110 valence electrons. The van der Waals surface area contributed by atoms with Gasteiger partial charge < -0.3 is 19.3 Å². The molecule has 5 nitrogen and oxygen atoms in total. The van der Waals surface area contributed by atoms with E-state index in [4.69, 9.17) is 14.2 Å². The zero-order valence-electron chi connectivity index (χ0n) is 12.0. The lowest BCUT2D eigenvalue weighted by molar-refractivity contribution is 0.103. The first-order valence-corrected chi connectivity index (χ1v) is 6.25. The zero-order chi connectivity index (χ0) is 15.4. The molecule has 0 aliphatic heterocycles. The molecule has 0 aliphatic carbocycles. The highest BCUT2D eigenvalue weighted by atomic mass is 16.5. The maximum atomic E-state index is 12.6. The molecule has 0 radical (unpaired) electrons. The lowest BCUT2D eigenvalue weighted by Gasteiger charge is -2.13. The predicted molar refractivity (Wildman–Crippen MR) is 77.6 cm³/mol. The molecule has 1 N–H and O–H groups in total. The van der Waals surface area contributed by atoms with E-state index in [2.05, 4.69) is 0 Å². The van der Waals surface area contributed by atoms with Gasteiger partial charge >= 0.3 is 0 Å². The zero-order valence-corrected chi connectivity index (χ0v) is 12.0. The summed E-state index contributed by atoms with van der Waals surface area (Å²) in [5.74, 6) is 0.784. The Balaban J connectivity index is 2.57. The summed E-state index contributed by atoms with van der Waals surface area (Å²) in [4.78, 5) is 12.6. The maximum absolute atomic E-state index is 12.6. The van der Waals surface area contributed by atoms with Crippen LogP contribution in [-0.4, -0.2) is 32.2 Å². The molecule has 0 saturated carbocycles. The molecule has 0 spiro atoms. The number of aromatic hydroxyl groups is 1. The highest BCUT2D eigenvalue weighted by Gasteiger charge is 2.20. The van der Waals surface area contributed by atoms with Gasteiger partial charge in [0.2, 0.25) is 5.78 Å². The van der Waals surface area contributed by atoms with Gasteiger partial charge in [-0.05, 0) is 18.2 Å². The van der Waals surface area contributed by atoms with Crippen LogP contribution in [0.5, 0.6) is 23.0 Å². The molecule has 0 heterocycles. The molecule has 21 heavy (non-hydrogen) atoms. The van der Waals surface area contributed by atoms with Crippen LogP contribution in [0.2, 0.25) is 0 Å². The lowest BCUT2D eigenvalue weighted by Crippen LogP contribution is -2.05. The van der Waals surface area contributed by atoms with Crippen molar-refractivity contribution in [3.8, 4) is 23.0 Å². The third-order valence-electron chi connectivity index (χ3n) is 3.10. The number of carbonyl (C=O) groups is 1. The van der Waals surface area contributed by atoms with Crippen molar-refractivity contribution in [2.24, 2.45) is 0 Å². The molecular formula is C16H16O5. The third kappa shape index (κ3) is 2.76. The number of phenolic OH excluding ortho intramolecular Hbond substituents is 1. The van der Waals surface area contributed by atoms with Crippen molar-refractivity contribution in [3.05, 3.63) is 47.5 Å². The number of ether oxygens (including phenoxy) is 3. The molecule has 0 aromatic heterocycles. The standard InChI is InChI=1S/C16H16O5/c1-19-13-9-15(21-3)14(20-2)8-11(13)16(18)10-6-4-5-7-12(10)17/h4-9,17H,1-3H3. The Morgan fingerprint density at radius 2 is 1.43 bits per heavy atom. The Kier molecular flexibility index (Phi) is 4.33. The van der Waals surface area contributed by atoms with Gasteiger partial charge in [-0.2, -0.15) is 0 Å². The number of carbonyl (C=O) groups excluding carboxylic acids is 1. The Hall–Kier alpha value is -2.69. The van der Waals surface area contributed by atoms with E-state index in [0.29, 0.717) is 17.2 Å². The van der Waals surface area contributed by atoms with Gasteiger partial charge in [0, 0.05) is 6.07 Å². The van der Waals surface area contributed by atoms with Crippen LogP contribution in [0.1, 0.15) is 15.9 Å². The summed E-state index contributed by atoms with van der Waals surface area (Å²) in [5.41, 5.74) is 0.486. The smallest absolute Gasteiger partial charge is 0.200 e. The molecule has 0 unspecified atom stereocenters. The van der Waals surface area contributed by atoms with Crippen molar-refractivity contribution in [1.29, 1.82) is 0 Å². The van der Waals surface area contributed by atoms with E-state index in [-0.39, 0.29) is 22.7 Å². The summed E-state index contributed by atoms with van der Waals surface area (Å²) in [6.07, 6.45) is 0. The van der Waals surface area contributed by atoms with E-state index in [1.165, 1.54) is 33.5 Å². The first-order chi connectivity index (χ1) is 10.1. The van der Waals surface area contributed by atoms with E-state index in [9.17, 15) is 9.90 Å². The molecule has 0 amide bonds. The number of hydrogen-bond acceptors (Lipinski definition) is 5. The molecular weight excluding hydrogens is 272 g/mol. The van der Waals surface area contributed by atoms with Crippen molar-refractivity contribution in [2.75, 3.05) is 21.3 Å². The minimum atomic E-state index is -0.356. The van der Waals surface area contributed by atoms with Gasteiger partial charge in [0.25, 0.3) is 0 Å². The molecule has 0 bridgehead atoms. The quantitative estimate of drug-likeness (QED) is 0.857. The van der Waals surface area contributed by atoms with Gasteiger partial charge in [0.05, 0.1) is 32.5 Å². The number of phenols is 1. The number of para-hydroxylation sites is 1. The molecule has 0 aliphatic rings. The van der Waals surface area contributed by atoms with Crippen molar-refractivity contribution in [3.63, 3.8) is 0 Å². The number of methoxy groups -OCH3 is 3. The molecule has 2 aromatic rings. The Morgan fingerprint density at radius 3 is 2.00 bits per heavy atom. The fourth-order valence-corrected chi connectivity index (χ4v) is 2.02. The van der Waals surface area contributed by atoms with Crippen molar-refractivity contribution >= 4 is 5.78 Å². The summed E-state index contributed by atoms with van der Waals surface area (Å²) in [7, 11) is 4.45. The van der Waals surface area contributed by atoms with E-state index >= 15 is 0 Å². The fourth-order valence-electron chi connectivity index (χ4n) is 2.02. The normalized spacial score (nSPS) is 10.0. The van der Waals surface area contributed by atoms with Crippen LogP contribution >= 0.6 is 0 Å². The number of rotatable bonds is 5. The summed E-state index contributed by atoms with van der Waals surface area (Å²) >= 11 is 0. The summed E-state index contributed by atoms with van der Waals surface area (Å²) < 4.78 is 15.6. The van der Waals surface area contributed by atoms with Crippen LogP contribution in [0.15, 0.2) is 36.4 Å². The molecule has 2 aromatic carbocycles. The number of benzene rings is 2. The van der Waals surface area contributed by atoms with Crippen LogP contribution in [-0.2, 0) is 0 Å². The first-order valence-electron chi connectivity index (χ1n) is 6.25. The van der Waals surface area contributed by atoms with Crippen molar-refractivity contribution < 1.29 is 24.1 Å². The molecule has 0 fully saturated rings. The van der Waals surface area contributed by atoms with Crippen molar-refractivity contribution in [1.82, 2.24) is 0 Å². The number of hydrogen-bond donors (Lipinski definition) is 1. The van der Waals surface area contributed by atoms with Crippen LogP contribution < -0.4 is 14.2 Å². The first kappa shape index (κ1) is 14.7. The monoisotopic (exact) mass is 288 g/mol.